The highest BCUT2D eigenvalue weighted by Gasteiger charge is 2.30. The van der Waals surface area contributed by atoms with E-state index < -0.39 is 12.7 Å². The maximum absolute atomic E-state index is 13.6. The molecule has 2 heterocycles. The molecule has 0 radical (unpaired) electrons. The molecule has 1 fully saturated rings. The average molecular weight is 572 g/mol. The maximum atomic E-state index is 13.6. The van der Waals surface area contributed by atoms with E-state index in [1.165, 1.54) is 11.7 Å². The van der Waals surface area contributed by atoms with Crippen molar-refractivity contribution in [2.24, 2.45) is 0 Å². The zero-order valence-electron chi connectivity index (χ0n) is 23.5. The first-order valence-corrected chi connectivity index (χ1v) is 13.5. The lowest BCUT2D eigenvalue weighted by Gasteiger charge is -2.30. The summed E-state index contributed by atoms with van der Waals surface area (Å²) in [6.07, 6.45) is -2.46. The van der Waals surface area contributed by atoms with Crippen molar-refractivity contribution in [1.29, 1.82) is 0 Å². The first kappa shape index (κ1) is 30.1. The monoisotopic (exact) mass is 571 g/mol. The number of piperidine rings is 1. The Morgan fingerprint density at radius 1 is 1.10 bits per heavy atom. The van der Waals surface area contributed by atoms with Gasteiger partial charge in [-0.2, -0.15) is 13.2 Å². The standard InChI is InChI=1S/C30H36F3N5O3/c1-37-15-11-22(12-16-37)36-25-7-4-8-27-24(25)19-23(38(27)20-30(31,32)33)6-5-13-34-26-10-9-21(18-28(26)41-3)29(39)35-14-17-40-2/h4,7-10,18-19,22,34,36H,11-17,20H2,1-3H3,(H,35,39). The number of rotatable bonds is 10. The van der Waals surface area contributed by atoms with Crippen LogP contribution in [0.15, 0.2) is 42.5 Å². The van der Waals surface area contributed by atoms with E-state index >= 15 is 0 Å². The van der Waals surface area contributed by atoms with Crippen molar-refractivity contribution in [3.8, 4) is 17.6 Å². The van der Waals surface area contributed by atoms with E-state index in [4.69, 9.17) is 9.47 Å². The molecule has 220 valence electrons. The number of carbonyl (C=O) groups is 1. The minimum Gasteiger partial charge on any atom is -0.495 e. The van der Waals surface area contributed by atoms with E-state index in [0.29, 0.717) is 41.1 Å². The number of halogens is 3. The minimum atomic E-state index is -4.40. The van der Waals surface area contributed by atoms with Crippen molar-refractivity contribution in [3.63, 3.8) is 0 Å². The summed E-state index contributed by atoms with van der Waals surface area (Å²) in [5, 5.41) is 10.1. The molecule has 1 saturated heterocycles. The third kappa shape index (κ3) is 8.08. The van der Waals surface area contributed by atoms with Crippen LogP contribution >= 0.6 is 0 Å². The van der Waals surface area contributed by atoms with Crippen molar-refractivity contribution < 1.29 is 27.4 Å². The van der Waals surface area contributed by atoms with Crippen LogP contribution in [0.25, 0.3) is 10.9 Å². The fourth-order valence-electron chi connectivity index (χ4n) is 4.86. The number of ether oxygens (including phenoxy) is 2. The number of aromatic nitrogens is 1. The smallest absolute Gasteiger partial charge is 0.406 e. The minimum absolute atomic E-state index is 0.157. The second kappa shape index (κ2) is 13.7. The molecule has 0 bridgehead atoms. The van der Waals surface area contributed by atoms with Gasteiger partial charge in [0.05, 0.1) is 37.2 Å². The van der Waals surface area contributed by atoms with Gasteiger partial charge in [-0.1, -0.05) is 12.0 Å². The molecule has 1 aliphatic rings. The van der Waals surface area contributed by atoms with Crippen LogP contribution in [0.2, 0.25) is 0 Å². The van der Waals surface area contributed by atoms with Gasteiger partial charge < -0.3 is 34.9 Å². The molecule has 41 heavy (non-hydrogen) atoms. The van der Waals surface area contributed by atoms with Crippen LogP contribution in [0.3, 0.4) is 0 Å². The normalized spacial score (nSPS) is 14.4. The van der Waals surface area contributed by atoms with E-state index in [0.717, 1.165) is 31.6 Å². The first-order valence-electron chi connectivity index (χ1n) is 13.5. The highest BCUT2D eigenvalue weighted by Crippen LogP contribution is 2.31. The average Bonchev–Trinajstić information content (AvgIpc) is 3.29. The fraction of sp³-hybridized carbons (Fsp3) is 0.433. The molecule has 0 saturated carbocycles. The summed E-state index contributed by atoms with van der Waals surface area (Å²) < 4.78 is 52.3. The van der Waals surface area contributed by atoms with Gasteiger partial charge in [0, 0.05) is 36.3 Å². The number of benzene rings is 2. The molecule has 11 heteroatoms. The Morgan fingerprint density at radius 2 is 1.88 bits per heavy atom. The van der Waals surface area contributed by atoms with Gasteiger partial charge in [-0.25, -0.2) is 0 Å². The molecule has 2 aromatic carbocycles. The molecule has 0 spiro atoms. The Hall–Kier alpha value is -3.88. The topological polar surface area (TPSA) is 79.8 Å². The Kier molecular flexibility index (Phi) is 10.0. The predicted octanol–water partition coefficient (Wildman–Crippen LogP) is 4.56. The molecule has 4 rings (SSSR count). The molecule has 1 aliphatic heterocycles. The lowest BCUT2D eigenvalue weighted by molar-refractivity contribution is -0.140. The predicted molar refractivity (Wildman–Crippen MR) is 155 cm³/mol. The van der Waals surface area contributed by atoms with Crippen molar-refractivity contribution in [2.75, 3.05) is 64.7 Å². The number of nitrogens with one attached hydrogen (secondary N) is 3. The fourth-order valence-corrected chi connectivity index (χ4v) is 4.86. The highest BCUT2D eigenvalue weighted by atomic mass is 19.4. The van der Waals surface area contributed by atoms with Crippen molar-refractivity contribution in [1.82, 2.24) is 14.8 Å². The van der Waals surface area contributed by atoms with Crippen LogP contribution in [0.4, 0.5) is 24.5 Å². The van der Waals surface area contributed by atoms with E-state index in [-0.39, 0.29) is 24.2 Å². The summed E-state index contributed by atoms with van der Waals surface area (Å²) >= 11 is 0. The Balaban J connectivity index is 1.52. The molecule has 0 atom stereocenters. The number of amides is 1. The second-order valence-corrected chi connectivity index (χ2v) is 10.0. The van der Waals surface area contributed by atoms with E-state index in [1.54, 1.807) is 43.5 Å². The van der Waals surface area contributed by atoms with Gasteiger partial charge >= 0.3 is 6.18 Å². The number of carbonyl (C=O) groups excluding carboxylic acids is 1. The summed E-state index contributed by atoms with van der Waals surface area (Å²) in [6, 6.07) is 12.3. The molecule has 1 amide bonds. The van der Waals surface area contributed by atoms with Gasteiger partial charge in [0.15, 0.2) is 0 Å². The molecule has 8 nitrogen and oxygen atoms in total. The molecule has 0 unspecified atom stereocenters. The summed E-state index contributed by atoms with van der Waals surface area (Å²) in [5.74, 6) is 6.06. The SMILES string of the molecule is COCCNC(=O)c1ccc(NCC#Cc2cc3c(NC4CCN(C)CC4)cccc3n2CC(F)(F)F)c(OC)c1. The van der Waals surface area contributed by atoms with Crippen molar-refractivity contribution in [3.05, 3.63) is 53.7 Å². The maximum Gasteiger partial charge on any atom is 0.406 e. The van der Waals surface area contributed by atoms with Gasteiger partial charge in [0.25, 0.3) is 5.91 Å². The van der Waals surface area contributed by atoms with E-state index in [1.807, 2.05) is 6.07 Å². The Bertz CT molecular complexity index is 1400. The number of fused-ring (bicyclic) bond motifs is 1. The van der Waals surface area contributed by atoms with Gasteiger partial charge in [-0.15, -0.1) is 0 Å². The summed E-state index contributed by atoms with van der Waals surface area (Å²) in [5.41, 5.74) is 2.62. The third-order valence-corrected chi connectivity index (χ3v) is 7.00. The summed E-state index contributed by atoms with van der Waals surface area (Å²) in [7, 11) is 5.13. The highest BCUT2D eigenvalue weighted by molar-refractivity contribution is 5.95. The summed E-state index contributed by atoms with van der Waals surface area (Å²) in [4.78, 5) is 14.6. The number of nitrogens with zero attached hydrogens (tertiary/aromatic N) is 2. The zero-order chi connectivity index (χ0) is 29.4. The van der Waals surface area contributed by atoms with Crippen LogP contribution in [0.5, 0.6) is 5.75 Å². The summed E-state index contributed by atoms with van der Waals surface area (Å²) in [6.45, 7) is 1.76. The molecule has 3 N–H and O–H groups in total. The van der Waals surface area contributed by atoms with E-state index in [9.17, 15) is 18.0 Å². The largest absolute Gasteiger partial charge is 0.495 e. The lowest BCUT2D eigenvalue weighted by Crippen LogP contribution is -2.36. The zero-order valence-corrected chi connectivity index (χ0v) is 23.5. The number of likely N-dealkylation sites (tertiary alicyclic amines) is 1. The number of hydrogen-bond acceptors (Lipinski definition) is 6. The first-order chi connectivity index (χ1) is 19.7. The van der Waals surface area contributed by atoms with Gasteiger partial charge in [-0.3, -0.25) is 4.79 Å². The number of methoxy groups -OCH3 is 2. The number of hydrogen-bond donors (Lipinski definition) is 3. The third-order valence-electron chi connectivity index (χ3n) is 7.00. The van der Waals surface area contributed by atoms with Crippen molar-refractivity contribution >= 4 is 28.2 Å². The molecule has 3 aromatic rings. The van der Waals surface area contributed by atoms with Gasteiger partial charge in [0.2, 0.25) is 0 Å². The lowest BCUT2D eigenvalue weighted by atomic mass is 10.0. The van der Waals surface area contributed by atoms with Gasteiger partial charge in [0.1, 0.15) is 12.3 Å². The Morgan fingerprint density at radius 3 is 2.59 bits per heavy atom. The van der Waals surface area contributed by atoms with Crippen LogP contribution in [-0.4, -0.2) is 81.6 Å². The van der Waals surface area contributed by atoms with Crippen LogP contribution < -0.4 is 20.7 Å². The van der Waals surface area contributed by atoms with Crippen LogP contribution in [0, 0.1) is 11.8 Å². The number of alkyl halides is 3. The molecular weight excluding hydrogens is 535 g/mol. The van der Waals surface area contributed by atoms with Gasteiger partial charge in [-0.05, 0) is 75.3 Å². The van der Waals surface area contributed by atoms with Crippen molar-refractivity contribution in [2.45, 2.75) is 31.6 Å². The van der Waals surface area contributed by atoms with Crippen LogP contribution in [0.1, 0.15) is 28.9 Å². The molecular formula is C30H36F3N5O3. The molecule has 0 aliphatic carbocycles. The number of anilines is 2. The Labute approximate surface area is 238 Å². The molecule has 1 aromatic heterocycles. The van der Waals surface area contributed by atoms with Crippen LogP contribution in [-0.2, 0) is 11.3 Å². The second-order valence-electron chi connectivity index (χ2n) is 10.0. The quantitative estimate of drug-likeness (QED) is 0.245. The van der Waals surface area contributed by atoms with E-state index in [2.05, 4.69) is 39.7 Å².